The molecule has 0 bridgehead atoms. The van der Waals surface area contributed by atoms with Crippen molar-refractivity contribution in [3.8, 4) is 16.9 Å². The van der Waals surface area contributed by atoms with Crippen molar-refractivity contribution >= 4 is 11.8 Å². The summed E-state index contributed by atoms with van der Waals surface area (Å²) in [5.74, 6) is -0.0686. The number of benzene rings is 3. The average Bonchev–Trinajstić information content (AvgIpc) is 2.80. The molecule has 4 aromatic rings. The van der Waals surface area contributed by atoms with Crippen LogP contribution in [0.2, 0.25) is 0 Å². The number of rotatable bonds is 6. The first-order valence-electron chi connectivity index (χ1n) is 9.64. The number of hydrogen-bond donors (Lipinski definition) is 0. The standard InChI is InChI=1S/C26H20NO3.BrH/c28-25(22-15-13-21(14-16-22)20-8-3-1-4-9-20)19-27-17-7-12-24(18-27)30-26(29)23-10-5-2-6-11-23;/h1-18H,19H2;1H/q+1;/p-1. The van der Waals surface area contributed by atoms with E-state index in [1.807, 2.05) is 60.7 Å². The minimum absolute atomic E-state index is 0. The van der Waals surface area contributed by atoms with Crippen molar-refractivity contribution in [1.29, 1.82) is 0 Å². The second kappa shape index (κ2) is 10.5. The predicted molar refractivity (Wildman–Crippen MR) is 114 cm³/mol. The molecule has 0 aliphatic carbocycles. The summed E-state index contributed by atoms with van der Waals surface area (Å²) < 4.78 is 7.13. The van der Waals surface area contributed by atoms with Crippen LogP contribution < -0.4 is 26.3 Å². The molecule has 0 N–H and O–H groups in total. The maximum atomic E-state index is 12.7. The Labute approximate surface area is 191 Å². The smallest absolute Gasteiger partial charge is 0.343 e. The molecule has 0 saturated heterocycles. The highest BCUT2D eigenvalue weighted by molar-refractivity contribution is 5.95. The first-order valence-corrected chi connectivity index (χ1v) is 9.64. The Morgan fingerprint density at radius 1 is 0.677 bits per heavy atom. The van der Waals surface area contributed by atoms with Gasteiger partial charge in [0.25, 0.3) is 0 Å². The number of halogens is 1. The number of carbonyl (C=O) groups excluding carboxylic acids is 2. The van der Waals surface area contributed by atoms with Crippen LogP contribution in [0.15, 0.2) is 109 Å². The van der Waals surface area contributed by atoms with E-state index in [1.165, 1.54) is 0 Å². The van der Waals surface area contributed by atoms with Gasteiger partial charge in [0, 0.05) is 11.6 Å². The fourth-order valence-electron chi connectivity index (χ4n) is 3.13. The van der Waals surface area contributed by atoms with Crippen LogP contribution in [-0.2, 0) is 6.54 Å². The van der Waals surface area contributed by atoms with Gasteiger partial charge in [-0.2, -0.15) is 4.57 Å². The molecule has 0 spiro atoms. The minimum Gasteiger partial charge on any atom is -1.00 e. The molecule has 3 aromatic carbocycles. The van der Waals surface area contributed by atoms with E-state index in [0.717, 1.165) is 11.1 Å². The quantitative estimate of drug-likeness (QED) is 0.243. The normalized spacial score (nSPS) is 10.1. The van der Waals surface area contributed by atoms with Crippen molar-refractivity contribution in [2.75, 3.05) is 0 Å². The summed E-state index contributed by atoms with van der Waals surface area (Å²) in [4.78, 5) is 24.9. The number of nitrogens with zero attached hydrogens (tertiary/aromatic N) is 1. The van der Waals surface area contributed by atoms with Crippen LogP contribution in [0.3, 0.4) is 0 Å². The van der Waals surface area contributed by atoms with E-state index < -0.39 is 5.97 Å². The summed E-state index contributed by atoms with van der Waals surface area (Å²) in [7, 11) is 0. The molecule has 0 aliphatic rings. The van der Waals surface area contributed by atoms with Crippen LogP contribution in [0.5, 0.6) is 5.75 Å². The first kappa shape index (κ1) is 22.1. The molecule has 0 atom stereocenters. The van der Waals surface area contributed by atoms with Crippen LogP contribution in [0.1, 0.15) is 20.7 Å². The Kier molecular flexibility index (Phi) is 7.46. The van der Waals surface area contributed by atoms with Gasteiger partial charge >= 0.3 is 5.97 Å². The van der Waals surface area contributed by atoms with Crippen molar-refractivity contribution in [1.82, 2.24) is 0 Å². The third-order valence-electron chi connectivity index (χ3n) is 4.69. The summed E-state index contributed by atoms with van der Waals surface area (Å²) in [6, 6.07) is 29.8. The number of hydrogen-bond acceptors (Lipinski definition) is 3. The Balaban J connectivity index is 0.00000272. The molecule has 0 unspecified atom stereocenters. The second-order valence-electron chi connectivity index (χ2n) is 6.83. The van der Waals surface area contributed by atoms with Crippen LogP contribution in [-0.4, -0.2) is 11.8 Å². The van der Waals surface area contributed by atoms with E-state index in [4.69, 9.17) is 4.74 Å². The van der Waals surface area contributed by atoms with Gasteiger partial charge in [-0.3, -0.25) is 4.79 Å². The summed E-state index contributed by atoms with van der Waals surface area (Å²) in [6.07, 6.45) is 3.42. The van der Waals surface area contributed by atoms with Gasteiger partial charge < -0.3 is 21.7 Å². The van der Waals surface area contributed by atoms with Gasteiger partial charge in [-0.15, -0.1) is 0 Å². The highest BCUT2D eigenvalue weighted by atomic mass is 79.9. The van der Waals surface area contributed by atoms with Crippen LogP contribution in [0.25, 0.3) is 11.1 Å². The lowest BCUT2D eigenvalue weighted by molar-refractivity contribution is -0.683. The molecule has 0 amide bonds. The fraction of sp³-hybridized carbons (Fsp3) is 0.0385. The van der Waals surface area contributed by atoms with E-state index in [1.54, 1.807) is 53.4 Å². The fourth-order valence-corrected chi connectivity index (χ4v) is 3.13. The monoisotopic (exact) mass is 473 g/mol. The number of ketones is 1. The maximum absolute atomic E-state index is 12.7. The summed E-state index contributed by atoms with van der Waals surface area (Å²) >= 11 is 0. The highest BCUT2D eigenvalue weighted by Gasteiger charge is 2.15. The van der Waals surface area contributed by atoms with Gasteiger partial charge in [0.2, 0.25) is 18.5 Å². The number of esters is 1. The molecule has 4 rings (SSSR count). The molecular formula is C26H20BrNO3. The Hall–Kier alpha value is -3.57. The average molecular weight is 474 g/mol. The van der Waals surface area contributed by atoms with Crippen molar-refractivity contribution in [3.05, 3.63) is 121 Å². The van der Waals surface area contributed by atoms with Gasteiger partial charge in [-0.1, -0.05) is 72.8 Å². The summed E-state index contributed by atoms with van der Waals surface area (Å²) in [6.45, 7) is 0.154. The van der Waals surface area contributed by atoms with E-state index in [0.29, 0.717) is 16.9 Å². The molecule has 1 aromatic heterocycles. The van der Waals surface area contributed by atoms with E-state index >= 15 is 0 Å². The van der Waals surface area contributed by atoms with Crippen molar-refractivity contribution < 1.29 is 35.9 Å². The molecule has 31 heavy (non-hydrogen) atoms. The SMILES string of the molecule is O=C(C[n+]1cccc(OC(=O)c2ccccc2)c1)c1ccc(-c2ccccc2)cc1.[Br-]. The van der Waals surface area contributed by atoms with Crippen molar-refractivity contribution in [2.45, 2.75) is 6.54 Å². The zero-order valence-electron chi connectivity index (χ0n) is 16.6. The van der Waals surface area contributed by atoms with Crippen molar-refractivity contribution in [3.63, 3.8) is 0 Å². The van der Waals surface area contributed by atoms with Crippen LogP contribution in [0.4, 0.5) is 0 Å². The Bertz CT molecular complexity index is 1160. The number of aromatic nitrogens is 1. The van der Waals surface area contributed by atoms with Crippen LogP contribution >= 0.6 is 0 Å². The number of carbonyl (C=O) groups is 2. The molecule has 4 nitrogen and oxygen atoms in total. The van der Waals surface area contributed by atoms with Gasteiger partial charge in [0.05, 0.1) is 5.56 Å². The number of Topliss-reactive ketones (excluding diaryl/α,β-unsaturated/α-hetero) is 1. The molecule has 0 aliphatic heterocycles. The van der Waals surface area contributed by atoms with E-state index in [-0.39, 0.29) is 29.3 Å². The lowest BCUT2D eigenvalue weighted by Crippen LogP contribution is -3.00. The molecular weight excluding hydrogens is 454 g/mol. The molecule has 0 fully saturated rings. The van der Waals surface area contributed by atoms with Gasteiger partial charge in [-0.25, -0.2) is 4.79 Å². The topological polar surface area (TPSA) is 47.2 Å². The molecule has 1 heterocycles. The molecule has 0 radical (unpaired) electrons. The Morgan fingerprint density at radius 2 is 1.29 bits per heavy atom. The number of ether oxygens (including phenoxy) is 1. The maximum Gasteiger partial charge on any atom is 0.343 e. The predicted octanol–water partition coefficient (Wildman–Crippen LogP) is 1.75. The number of pyridine rings is 1. The molecule has 0 saturated carbocycles. The zero-order chi connectivity index (χ0) is 20.8. The van der Waals surface area contributed by atoms with E-state index in [9.17, 15) is 9.59 Å². The second-order valence-corrected chi connectivity index (χ2v) is 6.83. The zero-order valence-corrected chi connectivity index (χ0v) is 18.2. The first-order chi connectivity index (χ1) is 14.7. The Morgan fingerprint density at radius 3 is 1.97 bits per heavy atom. The molecule has 154 valence electrons. The minimum atomic E-state index is -0.434. The lowest BCUT2D eigenvalue weighted by atomic mass is 10.0. The summed E-state index contributed by atoms with van der Waals surface area (Å²) in [5, 5.41) is 0. The van der Waals surface area contributed by atoms with Crippen LogP contribution in [0, 0.1) is 0 Å². The molecule has 5 heteroatoms. The van der Waals surface area contributed by atoms with Gasteiger partial charge in [-0.05, 0) is 29.3 Å². The third kappa shape index (κ3) is 5.74. The van der Waals surface area contributed by atoms with Crippen molar-refractivity contribution in [2.24, 2.45) is 0 Å². The largest absolute Gasteiger partial charge is 1.00 e. The highest BCUT2D eigenvalue weighted by Crippen LogP contribution is 2.19. The van der Waals surface area contributed by atoms with Gasteiger partial charge in [0.15, 0.2) is 11.9 Å². The lowest BCUT2D eigenvalue weighted by Gasteiger charge is -2.05. The van der Waals surface area contributed by atoms with E-state index in [2.05, 4.69) is 0 Å². The summed E-state index contributed by atoms with van der Waals surface area (Å²) in [5.41, 5.74) is 3.28. The third-order valence-corrected chi connectivity index (χ3v) is 4.69. The van der Waals surface area contributed by atoms with Gasteiger partial charge in [0.1, 0.15) is 0 Å².